The van der Waals surface area contributed by atoms with Gasteiger partial charge in [-0.05, 0) is 49.4 Å². The number of rotatable bonds is 4. The zero-order valence-electron chi connectivity index (χ0n) is 14.4. The molecule has 0 aliphatic heterocycles. The molecule has 0 aliphatic rings. The number of benzene rings is 2. The maximum atomic E-state index is 13.1. The van der Waals surface area contributed by atoms with Gasteiger partial charge in [-0.25, -0.2) is 18.9 Å². The standard InChI is InChI=1S/C18H14ClFN4O3/c1-10-21-16(23-24(10)13-6-4-12(20)5-7-13)17(25)22-15-9-11(18(26)27-2)3-8-14(15)19/h3-9H,1-2H3,(H,22,25). The summed E-state index contributed by atoms with van der Waals surface area (Å²) >= 11 is 6.07. The van der Waals surface area contributed by atoms with Crippen LogP contribution < -0.4 is 5.32 Å². The molecule has 1 heterocycles. The SMILES string of the molecule is COC(=O)c1ccc(Cl)c(NC(=O)c2nc(C)n(-c3ccc(F)cc3)n2)c1. The van der Waals surface area contributed by atoms with Crippen molar-refractivity contribution in [1.29, 1.82) is 0 Å². The maximum Gasteiger partial charge on any atom is 0.337 e. The number of methoxy groups -OCH3 is 1. The number of aryl methyl sites for hydroxylation is 1. The number of carbonyl (C=O) groups is 2. The van der Waals surface area contributed by atoms with E-state index in [2.05, 4.69) is 20.1 Å². The predicted molar refractivity (Wildman–Crippen MR) is 96.8 cm³/mol. The Morgan fingerprint density at radius 2 is 1.89 bits per heavy atom. The summed E-state index contributed by atoms with van der Waals surface area (Å²) in [6.45, 7) is 1.66. The molecule has 0 bridgehead atoms. The highest BCUT2D eigenvalue weighted by Gasteiger charge is 2.18. The number of aromatic nitrogens is 3. The molecular formula is C18H14ClFN4O3. The maximum absolute atomic E-state index is 13.1. The first-order valence-corrected chi connectivity index (χ1v) is 8.15. The van der Waals surface area contributed by atoms with E-state index in [4.69, 9.17) is 11.6 Å². The first kappa shape index (κ1) is 18.5. The lowest BCUT2D eigenvalue weighted by molar-refractivity contribution is 0.0600. The summed E-state index contributed by atoms with van der Waals surface area (Å²) < 4.78 is 19.1. The normalized spacial score (nSPS) is 10.5. The van der Waals surface area contributed by atoms with Crippen molar-refractivity contribution in [3.8, 4) is 5.69 Å². The lowest BCUT2D eigenvalue weighted by atomic mass is 10.2. The van der Waals surface area contributed by atoms with Crippen molar-refractivity contribution >= 4 is 29.2 Å². The average molecular weight is 389 g/mol. The van der Waals surface area contributed by atoms with Crippen molar-refractivity contribution in [2.45, 2.75) is 6.92 Å². The van der Waals surface area contributed by atoms with Crippen LogP contribution in [0.15, 0.2) is 42.5 Å². The zero-order valence-corrected chi connectivity index (χ0v) is 15.1. The van der Waals surface area contributed by atoms with Gasteiger partial charge < -0.3 is 10.1 Å². The second-order valence-corrected chi connectivity index (χ2v) is 5.92. The number of anilines is 1. The van der Waals surface area contributed by atoms with E-state index in [1.165, 1.54) is 54.3 Å². The molecule has 0 atom stereocenters. The van der Waals surface area contributed by atoms with E-state index in [0.29, 0.717) is 11.5 Å². The van der Waals surface area contributed by atoms with Gasteiger partial charge in [0.15, 0.2) is 0 Å². The highest BCUT2D eigenvalue weighted by Crippen LogP contribution is 2.24. The fourth-order valence-corrected chi connectivity index (χ4v) is 2.52. The summed E-state index contributed by atoms with van der Waals surface area (Å²) in [5.74, 6) is -1.20. The number of halogens is 2. The summed E-state index contributed by atoms with van der Waals surface area (Å²) in [4.78, 5) is 28.2. The van der Waals surface area contributed by atoms with E-state index >= 15 is 0 Å². The van der Waals surface area contributed by atoms with Gasteiger partial charge in [0.1, 0.15) is 11.6 Å². The van der Waals surface area contributed by atoms with Crippen LogP contribution in [0.4, 0.5) is 10.1 Å². The summed E-state index contributed by atoms with van der Waals surface area (Å²) in [6, 6.07) is 9.97. The topological polar surface area (TPSA) is 86.1 Å². The Bertz CT molecular complexity index is 1020. The van der Waals surface area contributed by atoms with Crippen LogP contribution in [0.1, 0.15) is 26.8 Å². The quantitative estimate of drug-likeness (QED) is 0.692. The van der Waals surface area contributed by atoms with E-state index in [0.717, 1.165) is 0 Å². The molecule has 0 unspecified atom stereocenters. The Balaban J connectivity index is 1.86. The van der Waals surface area contributed by atoms with Gasteiger partial charge in [-0.1, -0.05) is 11.6 Å². The minimum absolute atomic E-state index is 0.101. The zero-order chi connectivity index (χ0) is 19.6. The number of nitrogens with one attached hydrogen (secondary N) is 1. The smallest absolute Gasteiger partial charge is 0.337 e. The molecular weight excluding hydrogens is 375 g/mol. The van der Waals surface area contributed by atoms with E-state index in [-0.39, 0.29) is 27.9 Å². The highest BCUT2D eigenvalue weighted by molar-refractivity contribution is 6.34. The van der Waals surface area contributed by atoms with E-state index in [1.807, 2.05) is 0 Å². The van der Waals surface area contributed by atoms with E-state index < -0.39 is 11.9 Å². The summed E-state index contributed by atoms with van der Waals surface area (Å²) in [7, 11) is 1.25. The molecule has 0 saturated heterocycles. The van der Waals surface area contributed by atoms with Crippen LogP contribution in [0.2, 0.25) is 5.02 Å². The summed E-state index contributed by atoms with van der Waals surface area (Å²) in [5.41, 5.74) is 1.02. The fraction of sp³-hybridized carbons (Fsp3) is 0.111. The second-order valence-electron chi connectivity index (χ2n) is 5.51. The minimum Gasteiger partial charge on any atom is -0.465 e. The van der Waals surface area contributed by atoms with Crippen LogP contribution in [0.3, 0.4) is 0 Å². The van der Waals surface area contributed by atoms with Crippen molar-refractivity contribution in [3.63, 3.8) is 0 Å². The Morgan fingerprint density at radius 3 is 2.56 bits per heavy atom. The minimum atomic E-state index is -0.608. The van der Waals surface area contributed by atoms with E-state index in [9.17, 15) is 14.0 Å². The Hall–Kier alpha value is -3.26. The molecule has 2 aromatic carbocycles. The van der Waals surface area contributed by atoms with Crippen LogP contribution in [-0.4, -0.2) is 33.8 Å². The molecule has 138 valence electrons. The fourth-order valence-electron chi connectivity index (χ4n) is 2.36. The van der Waals surface area contributed by atoms with Crippen molar-refractivity contribution in [2.24, 2.45) is 0 Å². The van der Waals surface area contributed by atoms with Gasteiger partial charge in [-0.3, -0.25) is 4.79 Å². The Morgan fingerprint density at radius 1 is 1.19 bits per heavy atom. The second kappa shape index (κ2) is 7.55. The predicted octanol–water partition coefficient (Wildman–Crippen LogP) is 3.41. The van der Waals surface area contributed by atoms with Crippen LogP contribution in [0.5, 0.6) is 0 Å². The third kappa shape index (κ3) is 3.95. The molecule has 0 radical (unpaired) electrons. The molecule has 9 heteroatoms. The third-order valence-electron chi connectivity index (χ3n) is 3.68. The molecule has 7 nitrogen and oxygen atoms in total. The van der Waals surface area contributed by atoms with Gasteiger partial charge in [-0.15, -0.1) is 5.10 Å². The molecule has 1 N–H and O–H groups in total. The third-order valence-corrected chi connectivity index (χ3v) is 4.01. The summed E-state index contributed by atoms with van der Waals surface area (Å²) in [5, 5.41) is 6.96. The molecule has 0 spiro atoms. The van der Waals surface area contributed by atoms with Crippen LogP contribution in [0.25, 0.3) is 5.69 Å². The van der Waals surface area contributed by atoms with Gasteiger partial charge in [0, 0.05) is 0 Å². The largest absolute Gasteiger partial charge is 0.465 e. The molecule has 1 aromatic heterocycles. The van der Waals surface area contributed by atoms with Crippen LogP contribution in [0, 0.1) is 12.7 Å². The van der Waals surface area contributed by atoms with Gasteiger partial charge in [0.2, 0.25) is 5.82 Å². The number of ether oxygens (including phenoxy) is 1. The molecule has 3 aromatic rings. The number of esters is 1. The van der Waals surface area contributed by atoms with E-state index in [1.54, 1.807) is 6.92 Å². The molecule has 27 heavy (non-hydrogen) atoms. The molecule has 0 aliphatic carbocycles. The lowest BCUT2D eigenvalue weighted by Gasteiger charge is -2.07. The molecule has 3 rings (SSSR count). The number of carbonyl (C=O) groups excluding carboxylic acids is 2. The molecule has 1 amide bonds. The summed E-state index contributed by atoms with van der Waals surface area (Å²) in [6.07, 6.45) is 0. The van der Waals surface area contributed by atoms with Crippen molar-refractivity contribution in [1.82, 2.24) is 14.8 Å². The number of hydrogen-bond donors (Lipinski definition) is 1. The molecule has 0 saturated carbocycles. The van der Waals surface area contributed by atoms with Gasteiger partial charge in [0.25, 0.3) is 5.91 Å². The van der Waals surface area contributed by atoms with Crippen LogP contribution >= 0.6 is 11.6 Å². The first-order chi connectivity index (χ1) is 12.9. The average Bonchev–Trinajstić information content (AvgIpc) is 3.05. The first-order valence-electron chi connectivity index (χ1n) is 7.78. The number of hydrogen-bond acceptors (Lipinski definition) is 5. The van der Waals surface area contributed by atoms with Gasteiger partial charge in [0.05, 0.1) is 29.1 Å². The Labute approximate surface area is 158 Å². The van der Waals surface area contributed by atoms with Crippen molar-refractivity contribution in [3.05, 3.63) is 70.5 Å². The number of amides is 1. The lowest BCUT2D eigenvalue weighted by Crippen LogP contribution is -2.15. The van der Waals surface area contributed by atoms with Crippen molar-refractivity contribution in [2.75, 3.05) is 12.4 Å². The van der Waals surface area contributed by atoms with Gasteiger partial charge in [-0.2, -0.15) is 0 Å². The highest BCUT2D eigenvalue weighted by atomic mass is 35.5. The molecule has 0 fully saturated rings. The monoisotopic (exact) mass is 388 g/mol. The Kier molecular flexibility index (Phi) is 5.18. The van der Waals surface area contributed by atoms with Gasteiger partial charge >= 0.3 is 5.97 Å². The van der Waals surface area contributed by atoms with Crippen molar-refractivity contribution < 1.29 is 18.7 Å². The van der Waals surface area contributed by atoms with Crippen LogP contribution in [-0.2, 0) is 4.74 Å². The number of nitrogens with zero attached hydrogens (tertiary/aromatic N) is 3.